The van der Waals surface area contributed by atoms with E-state index in [9.17, 15) is 4.79 Å². The number of ether oxygens (including phenoxy) is 1. The first kappa shape index (κ1) is 18.3. The summed E-state index contributed by atoms with van der Waals surface area (Å²) in [5.74, 6) is 1.61. The van der Waals surface area contributed by atoms with Gasteiger partial charge in [0.1, 0.15) is 5.75 Å². The highest BCUT2D eigenvalue weighted by Gasteiger charge is 2.14. The molecule has 0 unspecified atom stereocenters. The Morgan fingerprint density at radius 1 is 1.19 bits per heavy atom. The molecular formula is C20H23N3O2S. The van der Waals surface area contributed by atoms with E-state index in [1.807, 2.05) is 48.5 Å². The molecule has 1 heterocycles. The van der Waals surface area contributed by atoms with E-state index in [0.717, 1.165) is 27.6 Å². The van der Waals surface area contributed by atoms with Gasteiger partial charge >= 0.3 is 0 Å². The fourth-order valence-electron chi connectivity index (χ4n) is 2.58. The lowest BCUT2D eigenvalue weighted by Crippen LogP contribution is -2.28. The number of methoxy groups -OCH3 is 1. The monoisotopic (exact) mass is 369 g/mol. The second-order valence-electron chi connectivity index (χ2n) is 6.40. The fourth-order valence-corrected chi connectivity index (χ4v) is 3.44. The molecule has 1 N–H and O–H groups in total. The van der Waals surface area contributed by atoms with Crippen molar-refractivity contribution in [3.8, 4) is 11.4 Å². The van der Waals surface area contributed by atoms with Crippen LogP contribution in [0.3, 0.4) is 0 Å². The minimum Gasteiger partial charge on any atom is -0.497 e. The van der Waals surface area contributed by atoms with Crippen molar-refractivity contribution in [2.75, 3.05) is 19.4 Å². The predicted molar refractivity (Wildman–Crippen MR) is 106 cm³/mol. The number of nitrogens with one attached hydrogen (secondary N) is 1. The van der Waals surface area contributed by atoms with Crippen molar-refractivity contribution < 1.29 is 9.53 Å². The summed E-state index contributed by atoms with van der Waals surface area (Å²) in [5, 5.41) is 3.75. The molecule has 1 aromatic heterocycles. The lowest BCUT2D eigenvalue weighted by atomic mass is 10.2. The quantitative estimate of drug-likeness (QED) is 0.642. The number of amides is 1. The van der Waals surface area contributed by atoms with Crippen LogP contribution in [0.2, 0.25) is 0 Å². The van der Waals surface area contributed by atoms with Crippen LogP contribution in [-0.4, -0.2) is 34.9 Å². The van der Waals surface area contributed by atoms with Crippen LogP contribution in [0.4, 0.5) is 0 Å². The van der Waals surface area contributed by atoms with Crippen LogP contribution >= 0.6 is 11.8 Å². The average Bonchev–Trinajstić information content (AvgIpc) is 3.03. The minimum atomic E-state index is 0.0250. The second kappa shape index (κ2) is 8.27. The number of rotatable bonds is 7. The number of imidazole rings is 1. The van der Waals surface area contributed by atoms with Gasteiger partial charge in [0.2, 0.25) is 5.91 Å². The van der Waals surface area contributed by atoms with Crippen molar-refractivity contribution in [1.29, 1.82) is 0 Å². The van der Waals surface area contributed by atoms with Gasteiger partial charge in [-0.15, -0.1) is 0 Å². The third-order valence-electron chi connectivity index (χ3n) is 3.90. The minimum absolute atomic E-state index is 0.0250. The third kappa shape index (κ3) is 4.19. The SMILES string of the molecule is COc1ccc(-n2c(SCC(=O)NCC(C)C)nc3ccccc32)cc1. The zero-order valence-electron chi connectivity index (χ0n) is 15.2. The summed E-state index contributed by atoms with van der Waals surface area (Å²) < 4.78 is 7.32. The summed E-state index contributed by atoms with van der Waals surface area (Å²) in [4.78, 5) is 16.8. The molecule has 6 heteroatoms. The standard InChI is InChI=1S/C20H23N3O2S/c1-14(2)12-21-19(24)13-26-20-22-17-6-4-5-7-18(17)23(20)15-8-10-16(25-3)11-9-15/h4-11,14H,12-13H2,1-3H3,(H,21,24). The first-order chi connectivity index (χ1) is 12.6. The molecule has 0 saturated heterocycles. The highest BCUT2D eigenvalue weighted by molar-refractivity contribution is 7.99. The third-order valence-corrected chi connectivity index (χ3v) is 4.84. The zero-order chi connectivity index (χ0) is 18.5. The van der Waals surface area contributed by atoms with Gasteiger partial charge in [-0.25, -0.2) is 4.98 Å². The van der Waals surface area contributed by atoms with E-state index < -0.39 is 0 Å². The van der Waals surface area contributed by atoms with Crippen molar-refractivity contribution in [3.63, 3.8) is 0 Å². The topological polar surface area (TPSA) is 56.1 Å². The number of carbonyl (C=O) groups excluding carboxylic acids is 1. The Morgan fingerprint density at radius 3 is 2.62 bits per heavy atom. The Morgan fingerprint density at radius 2 is 1.92 bits per heavy atom. The maximum absolute atomic E-state index is 12.1. The van der Waals surface area contributed by atoms with Crippen molar-refractivity contribution in [2.24, 2.45) is 5.92 Å². The number of hydrogen-bond acceptors (Lipinski definition) is 4. The fraction of sp³-hybridized carbons (Fsp3) is 0.300. The Hall–Kier alpha value is -2.47. The van der Waals surface area contributed by atoms with Crippen molar-refractivity contribution in [2.45, 2.75) is 19.0 Å². The lowest BCUT2D eigenvalue weighted by molar-refractivity contribution is -0.118. The molecule has 0 bridgehead atoms. The molecule has 1 amide bonds. The molecule has 0 fully saturated rings. The molecule has 0 aliphatic carbocycles. The van der Waals surface area contributed by atoms with Gasteiger partial charge in [-0.05, 0) is 42.3 Å². The molecule has 0 radical (unpaired) electrons. The number of nitrogens with zero attached hydrogens (tertiary/aromatic N) is 2. The van der Waals surface area contributed by atoms with Crippen molar-refractivity contribution >= 4 is 28.7 Å². The van der Waals surface area contributed by atoms with Crippen LogP contribution in [0, 0.1) is 5.92 Å². The first-order valence-electron chi connectivity index (χ1n) is 8.60. The van der Waals surface area contributed by atoms with Gasteiger partial charge in [0.25, 0.3) is 0 Å². The van der Waals surface area contributed by atoms with Gasteiger partial charge in [-0.3, -0.25) is 9.36 Å². The van der Waals surface area contributed by atoms with E-state index in [4.69, 9.17) is 9.72 Å². The number of fused-ring (bicyclic) bond motifs is 1. The number of thioether (sulfide) groups is 1. The number of para-hydroxylation sites is 2. The lowest BCUT2D eigenvalue weighted by Gasteiger charge is -2.10. The molecule has 3 aromatic rings. The molecule has 5 nitrogen and oxygen atoms in total. The molecule has 0 aliphatic heterocycles. The van der Waals surface area contributed by atoms with E-state index in [1.165, 1.54) is 11.8 Å². The van der Waals surface area contributed by atoms with E-state index in [-0.39, 0.29) is 5.91 Å². The Kier molecular flexibility index (Phi) is 5.83. The summed E-state index contributed by atoms with van der Waals surface area (Å²) in [5.41, 5.74) is 2.92. The van der Waals surface area contributed by atoms with Gasteiger partial charge in [0.15, 0.2) is 5.16 Å². The van der Waals surface area contributed by atoms with E-state index in [2.05, 4.69) is 23.7 Å². The first-order valence-corrected chi connectivity index (χ1v) is 9.58. The van der Waals surface area contributed by atoms with Gasteiger partial charge in [0, 0.05) is 12.2 Å². The largest absolute Gasteiger partial charge is 0.497 e. The number of hydrogen-bond donors (Lipinski definition) is 1. The molecular weight excluding hydrogens is 346 g/mol. The highest BCUT2D eigenvalue weighted by Crippen LogP contribution is 2.28. The maximum Gasteiger partial charge on any atom is 0.230 e. The molecule has 26 heavy (non-hydrogen) atoms. The molecule has 136 valence electrons. The van der Waals surface area contributed by atoms with Crippen LogP contribution in [0.25, 0.3) is 16.7 Å². The summed E-state index contributed by atoms with van der Waals surface area (Å²) in [6.45, 7) is 4.85. The molecule has 0 spiro atoms. The number of benzene rings is 2. The smallest absolute Gasteiger partial charge is 0.230 e. The van der Waals surface area contributed by atoms with E-state index >= 15 is 0 Å². The Balaban J connectivity index is 1.88. The number of aromatic nitrogens is 2. The summed E-state index contributed by atoms with van der Waals surface area (Å²) in [7, 11) is 1.65. The predicted octanol–water partition coefficient (Wildman–Crippen LogP) is 3.90. The van der Waals surface area contributed by atoms with Gasteiger partial charge in [0.05, 0.1) is 23.9 Å². The van der Waals surface area contributed by atoms with Crippen LogP contribution in [0.15, 0.2) is 53.7 Å². The summed E-state index contributed by atoms with van der Waals surface area (Å²) >= 11 is 1.45. The van der Waals surface area contributed by atoms with Gasteiger partial charge in [-0.1, -0.05) is 37.7 Å². The molecule has 2 aromatic carbocycles. The molecule has 0 aliphatic rings. The van der Waals surface area contributed by atoms with Crippen LogP contribution in [0.5, 0.6) is 5.75 Å². The van der Waals surface area contributed by atoms with Gasteiger partial charge < -0.3 is 10.1 Å². The normalized spacial score (nSPS) is 11.1. The summed E-state index contributed by atoms with van der Waals surface area (Å²) in [6.07, 6.45) is 0. The second-order valence-corrected chi connectivity index (χ2v) is 7.35. The maximum atomic E-state index is 12.1. The summed E-state index contributed by atoms with van der Waals surface area (Å²) in [6, 6.07) is 15.8. The van der Waals surface area contributed by atoms with Crippen molar-refractivity contribution in [3.05, 3.63) is 48.5 Å². The van der Waals surface area contributed by atoms with E-state index in [1.54, 1.807) is 7.11 Å². The van der Waals surface area contributed by atoms with Gasteiger partial charge in [-0.2, -0.15) is 0 Å². The van der Waals surface area contributed by atoms with Crippen molar-refractivity contribution in [1.82, 2.24) is 14.9 Å². The molecule has 0 saturated carbocycles. The molecule has 3 rings (SSSR count). The number of carbonyl (C=O) groups is 1. The Labute approximate surface area is 157 Å². The van der Waals surface area contributed by atoms with Crippen LogP contribution in [-0.2, 0) is 4.79 Å². The van der Waals surface area contributed by atoms with E-state index in [0.29, 0.717) is 18.2 Å². The zero-order valence-corrected chi connectivity index (χ0v) is 16.0. The average molecular weight is 369 g/mol. The Bertz CT molecular complexity index is 888. The highest BCUT2D eigenvalue weighted by atomic mass is 32.2. The molecule has 0 atom stereocenters. The van der Waals surface area contributed by atoms with Crippen LogP contribution in [0.1, 0.15) is 13.8 Å². The van der Waals surface area contributed by atoms with Crippen LogP contribution < -0.4 is 10.1 Å².